The molecule has 1 aliphatic carbocycles. The van der Waals surface area contributed by atoms with Gasteiger partial charge in [0.05, 0.1) is 5.52 Å². The van der Waals surface area contributed by atoms with Gasteiger partial charge < -0.3 is 0 Å². The third kappa shape index (κ3) is 1.57. The number of rotatable bonds is 2. The van der Waals surface area contributed by atoms with Gasteiger partial charge in [-0.15, -0.1) is 0 Å². The molecule has 1 heterocycles. The normalized spacial score (nSPS) is 15.8. The van der Waals surface area contributed by atoms with E-state index in [9.17, 15) is 0 Å². The molecular formula is C13H12BrN. The number of para-hydroxylation sites is 1. The number of halogens is 1. The fourth-order valence-corrected chi connectivity index (χ4v) is 2.73. The first-order chi connectivity index (χ1) is 7.40. The summed E-state index contributed by atoms with van der Waals surface area (Å²) in [5, 5.41) is 2.24. The Kier molecular flexibility index (Phi) is 2.24. The zero-order valence-electron chi connectivity index (χ0n) is 8.41. The minimum absolute atomic E-state index is 0.773. The number of hydrogen-bond acceptors (Lipinski definition) is 1. The molecule has 3 rings (SSSR count). The summed E-state index contributed by atoms with van der Waals surface area (Å²) in [5.74, 6) is 0.773. The fraction of sp³-hybridized carbons (Fsp3) is 0.308. The van der Waals surface area contributed by atoms with Gasteiger partial charge in [0, 0.05) is 16.9 Å². The number of nitrogens with zero attached hydrogens (tertiary/aromatic N) is 1. The first-order valence-electron chi connectivity index (χ1n) is 5.32. The summed E-state index contributed by atoms with van der Waals surface area (Å²) in [6.45, 7) is 0. The van der Waals surface area contributed by atoms with Gasteiger partial charge in [-0.2, -0.15) is 0 Å². The second-order valence-corrected chi connectivity index (χ2v) is 4.68. The van der Waals surface area contributed by atoms with E-state index in [1.54, 1.807) is 0 Å². The van der Waals surface area contributed by atoms with Gasteiger partial charge in [-0.05, 0) is 36.0 Å². The Morgan fingerprint density at radius 2 is 2.07 bits per heavy atom. The van der Waals surface area contributed by atoms with Crippen LogP contribution < -0.4 is 0 Å². The van der Waals surface area contributed by atoms with Crippen LogP contribution in [0.15, 0.2) is 30.5 Å². The summed E-state index contributed by atoms with van der Waals surface area (Å²) in [6.07, 6.45) is 4.73. The number of pyridine rings is 1. The number of alkyl halides is 1. The van der Waals surface area contributed by atoms with Crippen molar-refractivity contribution < 1.29 is 0 Å². The van der Waals surface area contributed by atoms with Crippen molar-refractivity contribution in [3.8, 4) is 0 Å². The van der Waals surface area contributed by atoms with Crippen LogP contribution in [0.2, 0.25) is 0 Å². The maximum absolute atomic E-state index is 4.53. The van der Waals surface area contributed by atoms with Gasteiger partial charge in [-0.3, -0.25) is 4.98 Å². The molecule has 1 aromatic heterocycles. The van der Waals surface area contributed by atoms with Gasteiger partial charge >= 0.3 is 0 Å². The molecule has 0 atom stereocenters. The van der Waals surface area contributed by atoms with E-state index in [1.807, 2.05) is 6.07 Å². The highest BCUT2D eigenvalue weighted by Gasteiger charge is 2.26. The molecule has 1 aliphatic rings. The van der Waals surface area contributed by atoms with Crippen LogP contribution in [0.25, 0.3) is 10.9 Å². The molecule has 0 aliphatic heterocycles. The van der Waals surface area contributed by atoms with Crippen molar-refractivity contribution in [1.82, 2.24) is 4.98 Å². The van der Waals surface area contributed by atoms with E-state index in [4.69, 9.17) is 0 Å². The van der Waals surface area contributed by atoms with Crippen molar-refractivity contribution in [3.63, 3.8) is 0 Å². The summed E-state index contributed by atoms with van der Waals surface area (Å²) in [5.41, 5.74) is 3.99. The van der Waals surface area contributed by atoms with Crippen LogP contribution in [0.5, 0.6) is 0 Å². The first-order valence-corrected chi connectivity index (χ1v) is 6.45. The first kappa shape index (κ1) is 9.34. The minimum atomic E-state index is 0.773. The van der Waals surface area contributed by atoms with E-state index in [1.165, 1.54) is 29.4 Å². The smallest absolute Gasteiger partial charge is 0.0705 e. The zero-order chi connectivity index (χ0) is 10.3. The van der Waals surface area contributed by atoms with Gasteiger partial charge in [0.25, 0.3) is 0 Å². The van der Waals surface area contributed by atoms with E-state index in [2.05, 4.69) is 45.3 Å². The van der Waals surface area contributed by atoms with Crippen LogP contribution in [0.1, 0.15) is 29.9 Å². The lowest BCUT2D eigenvalue weighted by Crippen LogP contribution is -1.93. The summed E-state index contributed by atoms with van der Waals surface area (Å²) < 4.78 is 0. The van der Waals surface area contributed by atoms with Crippen molar-refractivity contribution in [2.24, 2.45) is 0 Å². The van der Waals surface area contributed by atoms with Gasteiger partial charge in [0.15, 0.2) is 0 Å². The third-order valence-corrected chi connectivity index (χ3v) is 3.63. The standard InChI is InChI=1S/C13H12BrN/c14-7-11-10-3-1-2-4-13(10)15-8-12(11)9-5-6-9/h1-4,8-9H,5-7H2. The van der Waals surface area contributed by atoms with Crippen molar-refractivity contribution >= 4 is 26.8 Å². The zero-order valence-corrected chi connectivity index (χ0v) is 10.00. The highest BCUT2D eigenvalue weighted by atomic mass is 79.9. The molecule has 1 nitrogen and oxygen atoms in total. The van der Waals surface area contributed by atoms with Crippen LogP contribution in [0, 0.1) is 0 Å². The highest BCUT2D eigenvalue weighted by Crippen LogP contribution is 2.43. The Balaban J connectivity index is 2.29. The average molecular weight is 262 g/mol. The largest absolute Gasteiger partial charge is 0.256 e. The highest BCUT2D eigenvalue weighted by molar-refractivity contribution is 9.08. The Hall–Kier alpha value is -0.890. The van der Waals surface area contributed by atoms with E-state index >= 15 is 0 Å². The summed E-state index contributed by atoms with van der Waals surface area (Å²) >= 11 is 3.60. The molecule has 2 heteroatoms. The Labute approximate surface area is 97.7 Å². The van der Waals surface area contributed by atoms with Crippen molar-refractivity contribution in [3.05, 3.63) is 41.6 Å². The summed E-state index contributed by atoms with van der Waals surface area (Å²) in [6, 6.07) is 8.39. The molecule has 0 unspecified atom stereocenters. The molecule has 0 amide bonds. The molecule has 0 N–H and O–H groups in total. The lowest BCUT2D eigenvalue weighted by atomic mass is 10.0. The molecule has 0 saturated heterocycles. The molecule has 0 bridgehead atoms. The molecule has 2 aromatic rings. The topological polar surface area (TPSA) is 12.9 Å². The molecule has 1 fully saturated rings. The minimum Gasteiger partial charge on any atom is -0.256 e. The monoisotopic (exact) mass is 261 g/mol. The number of aromatic nitrogens is 1. The van der Waals surface area contributed by atoms with Crippen LogP contribution in [-0.2, 0) is 5.33 Å². The predicted molar refractivity (Wildman–Crippen MR) is 66.3 cm³/mol. The summed E-state index contributed by atoms with van der Waals surface area (Å²) in [4.78, 5) is 4.53. The fourth-order valence-electron chi connectivity index (χ4n) is 2.11. The lowest BCUT2D eigenvalue weighted by Gasteiger charge is -2.09. The van der Waals surface area contributed by atoms with E-state index < -0.39 is 0 Å². The molecule has 15 heavy (non-hydrogen) atoms. The average Bonchev–Trinajstić information content (AvgIpc) is 3.11. The SMILES string of the molecule is BrCc1c(C2CC2)cnc2ccccc12. The van der Waals surface area contributed by atoms with E-state index in [-0.39, 0.29) is 0 Å². The van der Waals surface area contributed by atoms with Crippen LogP contribution >= 0.6 is 15.9 Å². The van der Waals surface area contributed by atoms with Gasteiger partial charge in [0.1, 0.15) is 0 Å². The second-order valence-electron chi connectivity index (χ2n) is 4.12. The maximum atomic E-state index is 4.53. The second kappa shape index (κ2) is 3.60. The van der Waals surface area contributed by atoms with Crippen molar-refractivity contribution in [2.45, 2.75) is 24.1 Å². The van der Waals surface area contributed by atoms with Gasteiger partial charge in [-0.1, -0.05) is 34.1 Å². The molecule has 1 saturated carbocycles. The molecular weight excluding hydrogens is 250 g/mol. The molecule has 0 radical (unpaired) electrons. The van der Waals surface area contributed by atoms with Crippen LogP contribution in [0.3, 0.4) is 0 Å². The Morgan fingerprint density at radius 1 is 1.27 bits per heavy atom. The van der Waals surface area contributed by atoms with Crippen molar-refractivity contribution in [1.29, 1.82) is 0 Å². The number of fused-ring (bicyclic) bond motifs is 1. The van der Waals surface area contributed by atoms with Gasteiger partial charge in [0.2, 0.25) is 0 Å². The van der Waals surface area contributed by atoms with E-state index in [0.29, 0.717) is 0 Å². The Bertz CT molecular complexity index is 503. The molecule has 1 aromatic carbocycles. The van der Waals surface area contributed by atoms with Crippen molar-refractivity contribution in [2.75, 3.05) is 0 Å². The van der Waals surface area contributed by atoms with Crippen LogP contribution in [0.4, 0.5) is 0 Å². The molecule has 0 spiro atoms. The predicted octanol–water partition coefficient (Wildman–Crippen LogP) is 4.01. The van der Waals surface area contributed by atoms with E-state index in [0.717, 1.165) is 16.8 Å². The molecule has 76 valence electrons. The third-order valence-electron chi connectivity index (χ3n) is 3.07. The Morgan fingerprint density at radius 3 is 2.80 bits per heavy atom. The number of benzene rings is 1. The number of hydrogen-bond donors (Lipinski definition) is 0. The van der Waals surface area contributed by atoms with Gasteiger partial charge in [-0.25, -0.2) is 0 Å². The lowest BCUT2D eigenvalue weighted by molar-refractivity contribution is 1.08. The van der Waals surface area contributed by atoms with Crippen LogP contribution in [-0.4, -0.2) is 4.98 Å². The maximum Gasteiger partial charge on any atom is 0.0705 e. The summed E-state index contributed by atoms with van der Waals surface area (Å²) in [7, 11) is 0. The quantitative estimate of drug-likeness (QED) is 0.745.